The van der Waals surface area contributed by atoms with Gasteiger partial charge in [0.05, 0.1) is 5.56 Å². The summed E-state index contributed by atoms with van der Waals surface area (Å²) in [6, 6.07) is 6.68. The van der Waals surface area contributed by atoms with Crippen LogP contribution in [0, 0.1) is 0 Å². The van der Waals surface area contributed by atoms with E-state index in [4.69, 9.17) is 11.6 Å². The van der Waals surface area contributed by atoms with Gasteiger partial charge < -0.3 is 0 Å². The third kappa shape index (κ3) is 4.38. The smallest absolute Gasteiger partial charge is 0.166 e. The highest BCUT2D eigenvalue weighted by molar-refractivity contribution is 6.95. The lowest BCUT2D eigenvalue weighted by Gasteiger charge is -2.27. The predicted octanol–water partition coefficient (Wildman–Crippen LogP) is 5.13. The first-order valence-corrected chi connectivity index (χ1v) is 10.0. The number of unbranched alkanes of at least 4 members (excludes halogenated alkanes) is 2. The Kier molecular flexibility index (Phi) is 6.33. The Balaban J connectivity index is 3.02. The van der Waals surface area contributed by atoms with Gasteiger partial charge in [0, 0.05) is 5.88 Å². The standard InChI is InChI=1S/C15H20ClF3Si/c1-3-20(2,12-8-4-7-11-16)14-10-6-5-9-13(14)15(17,18)19/h3,5-6,9-10H,1,4,7-8,11-12H2,2H3. The molecular formula is C15H20ClF3Si. The summed E-state index contributed by atoms with van der Waals surface area (Å²) in [6.45, 7) is 5.75. The molecule has 0 aliphatic heterocycles. The Hall–Kier alpha value is -0.743. The fraction of sp³-hybridized carbons (Fsp3) is 0.467. The zero-order chi connectivity index (χ0) is 15.2. The second-order valence-electron chi connectivity index (χ2n) is 5.16. The Morgan fingerprint density at radius 1 is 1.20 bits per heavy atom. The van der Waals surface area contributed by atoms with Crippen LogP contribution in [-0.2, 0) is 6.18 Å². The summed E-state index contributed by atoms with van der Waals surface area (Å²) < 4.78 is 39.4. The van der Waals surface area contributed by atoms with E-state index in [-0.39, 0.29) is 0 Å². The molecule has 0 spiro atoms. The zero-order valence-corrected chi connectivity index (χ0v) is 13.4. The number of benzene rings is 1. The van der Waals surface area contributed by atoms with Crippen LogP contribution in [0.4, 0.5) is 13.2 Å². The van der Waals surface area contributed by atoms with Crippen LogP contribution in [0.1, 0.15) is 24.8 Å². The van der Waals surface area contributed by atoms with Gasteiger partial charge in [-0.25, -0.2) is 0 Å². The summed E-state index contributed by atoms with van der Waals surface area (Å²) >= 11 is 5.63. The van der Waals surface area contributed by atoms with Crippen molar-refractivity contribution in [3.63, 3.8) is 0 Å². The Morgan fingerprint density at radius 2 is 1.85 bits per heavy atom. The summed E-state index contributed by atoms with van der Waals surface area (Å²) in [4.78, 5) is 0. The molecular weight excluding hydrogens is 301 g/mol. The highest BCUT2D eigenvalue weighted by atomic mass is 35.5. The quantitative estimate of drug-likeness (QED) is 0.371. The third-order valence-corrected chi connectivity index (χ3v) is 7.86. The van der Waals surface area contributed by atoms with Crippen molar-refractivity contribution in [3.8, 4) is 0 Å². The third-order valence-electron chi connectivity index (χ3n) is 3.63. The average molecular weight is 321 g/mol. The van der Waals surface area contributed by atoms with Gasteiger partial charge in [-0.15, -0.1) is 18.2 Å². The van der Waals surface area contributed by atoms with E-state index in [1.54, 1.807) is 17.8 Å². The van der Waals surface area contributed by atoms with Crippen molar-refractivity contribution in [3.05, 3.63) is 42.1 Å². The molecule has 0 saturated carbocycles. The van der Waals surface area contributed by atoms with Crippen LogP contribution in [0.5, 0.6) is 0 Å². The van der Waals surface area contributed by atoms with Crippen LogP contribution < -0.4 is 5.19 Å². The van der Waals surface area contributed by atoms with E-state index in [9.17, 15) is 13.2 Å². The molecule has 0 amide bonds. The van der Waals surface area contributed by atoms with Crippen LogP contribution in [0.15, 0.2) is 36.5 Å². The summed E-state index contributed by atoms with van der Waals surface area (Å²) in [5.41, 5.74) is 1.25. The van der Waals surface area contributed by atoms with Crippen LogP contribution in [0.3, 0.4) is 0 Å². The van der Waals surface area contributed by atoms with E-state index >= 15 is 0 Å². The maximum atomic E-state index is 13.1. The van der Waals surface area contributed by atoms with Crippen molar-refractivity contribution in [2.45, 2.75) is 38.0 Å². The first-order valence-electron chi connectivity index (χ1n) is 6.71. The van der Waals surface area contributed by atoms with E-state index in [0.29, 0.717) is 11.1 Å². The van der Waals surface area contributed by atoms with Gasteiger partial charge >= 0.3 is 6.18 Å². The van der Waals surface area contributed by atoms with Crippen molar-refractivity contribution < 1.29 is 13.2 Å². The minimum Gasteiger partial charge on any atom is -0.166 e. The Morgan fingerprint density at radius 3 is 2.40 bits per heavy atom. The highest BCUT2D eigenvalue weighted by Gasteiger charge is 2.38. The molecule has 5 heteroatoms. The molecule has 0 saturated heterocycles. The molecule has 20 heavy (non-hydrogen) atoms. The van der Waals surface area contributed by atoms with Crippen molar-refractivity contribution in [2.24, 2.45) is 0 Å². The van der Waals surface area contributed by atoms with Gasteiger partial charge in [0.15, 0.2) is 0 Å². The lowest BCUT2D eigenvalue weighted by atomic mass is 10.2. The molecule has 1 aromatic carbocycles. The normalized spacial score (nSPS) is 14.8. The molecule has 0 radical (unpaired) electrons. The van der Waals surface area contributed by atoms with Gasteiger partial charge in [0.2, 0.25) is 0 Å². The fourth-order valence-corrected chi connectivity index (χ4v) is 5.52. The number of alkyl halides is 4. The van der Waals surface area contributed by atoms with Gasteiger partial charge in [-0.2, -0.15) is 13.2 Å². The number of halogens is 4. The van der Waals surface area contributed by atoms with Crippen molar-refractivity contribution in [1.82, 2.24) is 0 Å². The zero-order valence-electron chi connectivity index (χ0n) is 11.6. The van der Waals surface area contributed by atoms with E-state index in [1.165, 1.54) is 12.1 Å². The fourth-order valence-electron chi connectivity index (χ4n) is 2.34. The molecule has 0 aliphatic rings. The van der Waals surface area contributed by atoms with Gasteiger partial charge in [-0.3, -0.25) is 0 Å². The van der Waals surface area contributed by atoms with Crippen LogP contribution >= 0.6 is 11.6 Å². The van der Waals surface area contributed by atoms with E-state index in [1.807, 2.05) is 6.55 Å². The molecule has 1 unspecified atom stereocenters. The topological polar surface area (TPSA) is 0 Å². The molecule has 0 fully saturated rings. The second-order valence-corrected chi connectivity index (χ2v) is 9.82. The molecule has 0 aliphatic carbocycles. The minimum absolute atomic E-state index is 0.438. The first kappa shape index (κ1) is 17.3. The van der Waals surface area contributed by atoms with Crippen molar-refractivity contribution in [1.29, 1.82) is 0 Å². The molecule has 1 atom stereocenters. The monoisotopic (exact) mass is 320 g/mol. The van der Waals surface area contributed by atoms with Crippen molar-refractivity contribution >= 4 is 24.9 Å². The molecule has 112 valence electrons. The lowest BCUT2D eigenvalue weighted by Crippen LogP contribution is -2.46. The van der Waals surface area contributed by atoms with Gasteiger partial charge in [0.1, 0.15) is 8.07 Å². The van der Waals surface area contributed by atoms with E-state index < -0.39 is 19.8 Å². The van der Waals surface area contributed by atoms with Crippen molar-refractivity contribution in [2.75, 3.05) is 5.88 Å². The van der Waals surface area contributed by atoms with Crippen LogP contribution in [0.25, 0.3) is 0 Å². The summed E-state index contributed by atoms with van der Waals surface area (Å²) in [5.74, 6) is 0.603. The number of rotatable bonds is 7. The molecule has 1 aromatic rings. The van der Waals surface area contributed by atoms with Gasteiger partial charge in [-0.05, 0) is 11.6 Å². The second kappa shape index (κ2) is 7.32. The van der Waals surface area contributed by atoms with Gasteiger partial charge in [-0.1, -0.05) is 55.4 Å². The molecule has 0 N–H and O–H groups in total. The molecule has 1 rings (SSSR count). The van der Waals surface area contributed by atoms with Crippen LogP contribution in [-0.4, -0.2) is 14.0 Å². The van der Waals surface area contributed by atoms with Gasteiger partial charge in [0.25, 0.3) is 0 Å². The predicted molar refractivity (Wildman–Crippen MR) is 82.3 cm³/mol. The first-order chi connectivity index (χ1) is 9.35. The molecule has 0 aromatic heterocycles. The highest BCUT2D eigenvalue weighted by Crippen LogP contribution is 2.30. The summed E-state index contributed by atoms with van der Waals surface area (Å²) in [5, 5.41) is 0.438. The minimum atomic E-state index is -4.30. The maximum absolute atomic E-state index is 13.1. The van der Waals surface area contributed by atoms with Crippen LogP contribution in [0.2, 0.25) is 12.6 Å². The summed E-state index contributed by atoms with van der Waals surface area (Å²) in [7, 11) is -2.30. The number of hydrogen-bond donors (Lipinski definition) is 0. The van der Waals surface area contributed by atoms with E-state index in [2.05, 4.69) is 6.58 Å². The summed E-state index contributed by atoms with van der Waals surface area (Å²) in [6.07, 6.45) is -1.55. The number of hydrogen-bond acceptors (Lipinski definition) is 0. The average Bonchev–Trinajstić information content (AvgIpc) is 2.42. The largest absolute Gasteiger partial charge is 0.416 e. The molecule has 0 heterocycles. The lowest BCUT2D eigenvalue weighted by molar-refractivity contribution is -0.136. The molecule has 0 bridgehead atoms. The SMILES string of the molecule is C=C[Si](C)(CCCCCCl)c1ccccc1C(F)(F)F. The maximum Gasteiger partial charge on any atom is 0.416 e. The Bertz CT molecular complexity index is 445. The Labute approximate surface area is 124 Å². The molecule has 0 nitrogen and oxygen atoms in total. The van der Waals surface area contributed by atoms with E-state index in [0.717, 1.165) is 25.3 Å².